The number of rotatable bonds is 5. The molecule has 3 rings (SSSR count). The van der Waals surface area contributed by atoms with E-state index in [-0.39, 0.29) is 29.3 Å². The van der Waals surface area contributed by atoms with Crippen molar-refractivity contribution in [1.82, 2.24) is 20.1 Å². The van der Waals surface area contributed by atoms with E-state index in [0.29, 0.717) is 4.68 Å². The molecule has 2 aromatic rings. The van der Waals surface area contributed by atoms with Crippen LogP contribution in [0.15, 0.2) is 24.5 Å². The van der Waals surface area contributed by atoms with E-state index in [9.17, 15) is 18.0 Å². The Bertz CT molecular complexity index is 788. The Morgan fingerprint density at radius 1 is 1.48 bits per heavy atom. The third-order valence-electron chi connectivity index (χ3n) is 3.98. The SMILES string of the molecule is NCC(NC(=O)c1cnn(-c2ncccc2Cl)c1C(F)(F)F)C1CC1. The second-order valence-electron chi connectivity index (χ2n) is 5.78. The monoisotopic (exact) mass is 373 g/mol. The fourth-order valence-corrected chi connectivity index (χ4v) is 2.80. The van der Waals surface area contributed by atoms with Gasteiger partial charge in [-0.05, 0) is 30.9 Å². The molecular formula is C15H15ClF3N5O. The maximum absolute atomic E-state index is 13.6. The first kappa shape index (κ1) is 17.7. The fourth-order valence-electron chi connectivity index (χ4n) is 2.60. The van der Waals surface area contributed by atoms with E-state index in [4.69, 9.17) is 17.3 Å². The molecule has 0 bridgehead atoms. The van der Waals surface area contributed by atoms with Gasteiger partial charge in [0.2, 0.25) is 0 Å². The second kappa shape index (κ2) is 6.64. The number of amides is 1. The van der Waals surface area contributed by atoms with Crippen LogP contribution in [0, 0.1) is 5.92 Å². The van der Waals surface area contributed by atoms with E-state index in [2.05, 4.69) is 15.4 Å². The number of hydrogen-bond donors (Lipinski definition) is 2. The second-order valence-corrected chi connectivity index (χ2v) is 6.19. The highest BCUT2D eigenvalue weighted by Gasteiger charge is 2.42. The summed E-state index contributed by atoms with van der Waals surface area (Å²) in [4.78, 5) is 16.2. The van der Waals surface area contributed by atoms with Crippen molar-refractivity contribution in [2.24, 2.45) is 11.7 Å². The molecule has 25 heavy (non-hydrogen) atoms. The highest BCUT2D eigenvalue weighted by molar-refractivity contribution is 6.32. The molecule has 2 heterocycles. The quantitative estimate of drug-likeness (QED) is 0.842. The van der Waals surface area contributed by atoms with E-state index in [1.54, 1.807) is 0 Å². The largest absolute Gasteiger partial charge is 0.434 e. The van der Waals surface area contributed by atoms with Crippen LogP contribution < -0.4 is 11.1 Å². The van der Waals surface area contributed by atoms with E-state index in [1.165, 1.54) is 18.3 Å². The molecule has 1 aliphatic rings. The third-order valence-corrected chi connectivity index (χ3v) is 4.28. The molecule has 1 amide bonds. The molecule has 1 saturated carbocycles. The van der Waals surface area contributed by atoms with Crippen LogP contribution in [-0.4, -0.2) is 33.3 Å². The van der Waals surface area contributed by atoms with Gasteiger partial charge in [0.15, 0.2) is 11.5 Å². The normalized spacial score (nSPS) is 15.9. The van der Waals surface area contributed by atoms with Gasteiger partial charge in [0.25, 0.3) is 5.91 Å². The minimum atomic E-state index is -4.82. The summed E-state index contributed by atoms with van der Waals surface area (Å²) in [6.07, 6.45) is -0.861. The van der Waals surface area contributed by atoms with Gasteiger partial charge in [-0.2, -0.15) is 18.3 Å². The first-order chi connectivity index (χ1) is 11.8. The lowest BCUT2D eigenvalue weighted by Crippen LogP contribution is -2.42. The van der Waals surface area contributed by atoms with Crippen molar-refractivity contribution < 1.29 is 18.0 Å². The molecule has 1 aliphatic carbocycles. The molecule has 0 aliphatic heterocycles. The van der Waals surface area contributed by atoms with Crippen molar-refractivity contribution in [1.29, 1.82) is 0 Å². The molecule has 1 unspecified atom stereocenters. The van der Waals surface area contributed by atoms with Crippen LogP contribution >= 0.6 is 11.6 Å². The Hall–Kier alpha value is -2.13. The van der Waals surface area contributed by atoms with E-state index in [1.807, 2.05) is 0 Å². The van der Waals surface area contributed by atoms with Gasteiger partial charge < -0.3 is 11.1 Å². The van der Waals surface area contributed by atoms with Crippen molar-refractivity contribution in [2.45, 2.75) is 25.1 Å². The Morgan fingerprint density at radius 2 is 2.20 bits per heavy atom. The number of halogens is 4. The molecule has 2 aromatic heterocycles. The first-order valence-corrected chi connectivity index (χ1v) is 7.97. The van der Waals surface area contributed by atoms with E-state index in [0.717, 1.165) is 19.0 Å². The van der Waals surface area contributed by atoms with Gasteiger partial charge in [-0.15, -0.1) is 0 Å². The van der Waals surface area contributed by atoms with Crippen molar-refractivity contribution in [3.05, 3.63) is 40.8 Å². The Kier molecular flexibility index (Phi) is 4.70. The van der Waals surface area contributed by atoms with Crippen LogP contribution in [0.25, 0.3) is 5.82 Å². The number of hydrogen-bond acceptors (Lipinski definition) is 4. The minimum Gasteiger partial charge on any atom is -0.348 e. The van der Waals surface area contributed by atoms with Gasteiger partial charge in [0, 0.05) is 18.8 Å². The van der Waals surface area contributed by atoms with Gasteiger partial charge in [-0.1, -0.05) is 11.6 Å². The van der Waals surface area contributed by atoms with Crippen molar-refractivity contribution in [3.8, 4) is 5.82 Å². The number of carbonyl (C=O) groups excluding carboxylic acids is 1. The van der Waals surface area contributed by atoms with Gasteiger partial charge in [-0.25, -0.2) is 9.67 Å². The summed E-state index contributed by atoms with van der Waals surface area (Å²) < 4.78 is 41.3. The summed E-state index contributed by atoms with van der Waals surface area (Å²) in [5, 5.41) is 6.24. The Balaban J connectivity index is 2.00. The Morgan fingerprint density at radius 3 is 2.76 bits per heavy atom. The summed E-state index contributed by atoms with van der Waals surface area (Å²) in [6, 6.07) is 2.52. The summed E-state index contributed by atoms with van der Waals surface area (Å²) in [7, 11) is 0. The minimum absolute atomic E-state index is 0.0131. The zero-order valence-electron chi connectivity index (χ0n) is 12.9. The highest BCUT2D eigenvalue weighted by Crippen LogP contribution is 2.35. The molecule has 0 saturated heterocycles. The fraction of sp³-hybridized carbons (Fsp3) is 0.400. The number of nitrogens with two attached hydrogens (primary N) is 1. The topological polar surface area (TPSA) is 85.8 Å². The predicted molar refractivity (Wildman–Crippen MR) is 84.4 cm³/mol. The maximum atomic E-state index is 13.6. The van der Waals surface area contributed by atoms with Crippen molar-refractivity contribution in [3.63, 3.8) is 0 Å². The van der Waals surface area contributed by atoms with Gasteiger partial charge >= 0.3 is 6.18 Å². The number of nitrogens with one attached hydrogen (secondary N) is 1. The first-order valence-electron chi connectivity index (χ1n) is 7.60. The lowest BCUT2D eigenvalue weighted by atomic mass is 10.1. The van der Waals surface area contributed by atoms with Crippen molar-refractivity contribution >= 4 is 17.5 Å². The molecule has 134 valence electrons. The summed E-state index contributed by atoms with van der Waals surface area (Å²) in [6.45, 7) is 0.165. The zero-order chi connectivity index (χ0) is 18.2. The van der Waals surface area contributed by atoms with Crippen LogP contribution in [0.1, 0.15) is 28.9 Å². The molecule has 0 aromatic carbocycles. The molecule has 3 N–H and O–H groups in total. The highest BCUT2D eigenvalue weighted by atomic mass is 35.5. The standard InChI is InChI=1S/C15H15ClF3N5O/c16-10-2-1-5-21-13(10)24-12(15(17,18)19)9(7-22-24)14(25)23-11(6-20)8-3-4-8/h1-2,5,7-8,11H,3-4,6,20H2,(H,23,25). The number of carbonyl (C=O) groups is 1. The van der Waals surface area contributed by atoms with E-state index < -0.39 is 23.3 Å². The van der Waals surface area contributed by atoms with Crippen molar-refractivity contribution in [2.75, 3.05) is 6.54 Å². The lowest BCUT2D eigenvalue weighted by molar-refractivity contribution is -0.143. The molecule has 1 fully saturated rings. The summed E-state index contributed by atoms with van der Waals surface area (Å²) in [5.41, 5.74) is 3.78. The summed E-state index contributed by atoms with van der Waals surface area (Å²) in [5.74, 6) is -0.857. The number of pyridine rings is 1. The van der Waals surface area contributed by atoms with Crippen LogP contribution in [0.2, 0.25) is 5.02 Å². The number of nitrogens with zero attached hydrogens (tertiary/aromatic N) is 3. The van der Waals surface area contributed by atoms with Crippen LogP contribution in [0.5, 0.6) is 0 Å². The molecule has 10 heteroatoms. The molecule has 0 radical (unpaired) electrons. The van der Waals surface area contributed by atoms with Gasteiger partial charge in [-0.3, -0.25) is 4.79 Å². The third kappa shape index (κ3) is 3.62. The van der Waals surface area contributed by atoms with Crippen LogP contribution in [-0.2, 0) is 6.18 Å². The maximum Gasteiger partial charge on any atom is 0.434 e. The van der Waals surface area contributed by atoms with Gasteiger partial charge in [0.1, 0.15) is 0 Å². The number of aromatic nitrogens is 3. The average molecular weight is 374 g/mol. The summed E-state index contributed by atoms with van der Waals surface area (Å²) >= 11 is 5.92. The molecule has 6 nitrogen and oxygen atoms in total. The van der Waals surface area contributed by atoms with Gasteiger partial charge in [0.05, 0.1) is 16.8 Å². The molecular weight excluding hydrogens is 359 g/mol. The molecule has 1 atom stereocenters. The van der Waals surface area contributed by atoms with Crippen LogP contribution in [0.3, 0.4) is 0 Å². The van der Waals surface area contributed by atoms with Crippen LogP contribution in [0.4, 0.5) is 13.2 Å². The Labute approximate surface area is 146 Å². The zero-order valence-corrected chi connectivity index (χ0v) is 13.7. The van der Waals surface area contributed by atoms with E-state index >= 15 is 0 Å². The lowest BCUT2D eigenvalue weighted by Gasteiger charge is -2.17. The average Bonchev–Trinajstić information content (AvgIpc) is 3.29. The number of alkyl halides is 3. The molecule has 0 spiro atoms. The predicted octanol–water partition coefficient (Wildman–Crippen LogP) is 2.41. The smallest absolute Gasteiger partial charge is 0.348 e.